The summed E-state index contributed by atoms with van der Waals surface area (Å²) in [7, 11) is 0. The Kier molecular flexibility index (Phi) is 7.41. The molecule has 3 rings (SSSR count). The van der Waals surface area contributed by atoms with Gasteiger partial charge >= 0.3 is 0 Å². The van der Waals surface area contributed by atoms with Crippen molar-refractivity contribution < 1.29 is 14.3 Å². The maximum Gasteiger partial charge on any atom is 0.286 e. The minimum absolute atomic E-state index is 0.106. The van der Waals surface area contributed by atoms with E-state index in [-0.39, 0.29) is 12.5 Å². The summed E-state index contributed by atoms with van der Waals surface area (Å²) >= 11 is 0. The van der Waals surface area contributed by atoms with Crippen molar-refractivity contribution in [2.45, 2.75) is 45.4 Å². The zero-order valence-electron chi connectivity index (χ0n) is 16.3. The van der Waals surface area contributed by atoms with Crippen molar-refractivity contribution >= 4 is 16.9 Å². The van der Waals surface area contributed by atoms with Crippen molar-refractivity contribution in [2.75, 3.05) is 13.2 Å². The first kappa shape index (κ1) is 19.9. The summed E-state index contributed by atoms with van der Waals surface area (Å²) in [5.41, 5.74) is 1.36. The Labute approximate surface area is 165 Å². The molecule has 0 aliphatic heterocycles. The summed E-state index contributed by atoms with van der Waals surface area (Å²) in [6.45, 7) is 2.85. The Morgan fingerprint density at radius 1 is 0.893 bits per heavy atom. The number of fused-ring (bicyclic) bond motifs is 1. The summed E-state index contributed by atoms with van der Waals surface area (Å²) in [6, 6.07) is 14.7. The topological polar surface area (TPSA) is 66.2 Å². The fraction of sp³-hybridized carbons (Fsp3) is 0.409. The molecule has 0 saturated heterocycles. The van der Waals surface area contributed by atoms with Crippen LogP contribution in [-0.2, 0) is 0 Å². The van der Waals surface area contributed by atoms with Crippen molar-refractivity contribution in [1.82, 2.24) is 15.0 Å². The molecule has 6 heteroatoms. The van der Waals surface area contributed by atoms with Crippen molar-refractivity contribution in [3.05, 3.63) is 48.5 Å². The summed E-state index contributed by atoms with van der Waals surface area (Å²) in [6.07, 6.45) is 7.46. The van der Waals surface area contributed by atoms with Crippen molar-refractivity contribution in [2.24, 2.45) is 0 Å². The molecule has 0 saturated carbocycles. The van der Waals surface area contributed by atoms with Crippen LogP contribution in [0.25, 0.3) is 11.0 Å². The average Bonchev–Trinajstić information content (AvgIpc) is 3.16. The highest BCUT2D eigenvalue weighted by Crippen LogP contribution is 2.18. The highest BCUT2D eigenvalue weighted by molar-refractivity contribution is 5.89. The van der Waals surface area contributed by atoms with E-state index in [2.05, 4.69) is 17.2 Å². The fourth-order valence-corrected chi connectivity index (χ4v) is 2.96. The van der Waals surface area contributed by atoms with Crippen LogP contribution in [0.2, 0.25) is 0 Å². The van der Waals surface area contributed by atoms with Gasteiger partial charge in [-0.25, -0.2) is 0 Å². The molecule has 0 aliphatic carbocycles. The number of unbranched alkanes of at least 4 members (excludes halogenated alkanes) is 5. The predicted molar refractivity (Wildman–Crippen MR) is 109 cm³/mol. The molecule has 0 unspecified atom stereocenters. The number of hydrogen-bond acceptors (Lipinski definition) is 5. The van der Waals surface area contributed by atoms with Crippen molar-refractivity contribution in [3.8, 4) is 11.5 Å². The van der Waals surface area contributed by atoms with Gasteiger partial charge < -0.3 is 9.47 Å². The Balaban J connectivity index is 1.41. The minimum atomic E-state index is -0.267. The van der Waals surface area contributed by atoms with Crippen LogP contribution < -0.4 is 9.47 Å². The molecular weight excluding hydrogens is 354 g/mol. The monoisotopic (exact) mass is 381 g/mol. The molecule has 0 N–H and O–H groups in total. The van der Waals surface area contributed by atoms with Crippen LogP contribution in [0.15, 0.2) is 48.5 Å². The zero-order chi connectivity index (χ0) is 19.6. The number of rotatable bonds is 11. The molecule has 0 radical (unpaired) electrons. The third-order valence-electron chi connectivity index (χ3n) is 4.54. The fourth-order valence-electron chi connectivity index (χ4n) is 2.96. The normalized spacial score (nSPS) is 10.9. The minimum Gasteiger partial charge on any atom is -0.494 e. The smallest absolute Gasteiger partial charge is 0.286 e. The van der Waals surface area contributed by atoms with Crippen LogP contribution in [0.3, 0.4) is 0 Å². The number of ether oxygens (including phenoxy) is 2. The van der Waals surface area contributed by atoms with E-state index in [0.717, 1.165) is 18.8 Å². The van der Waals surface area contributed by atoms with Crippen LogP contribution in [0, 0.1) is 0 Å². The van der Waals surface area contributed by atoms with Gasteiger partial charge in [0.25, 0.3) is 5.91 Å². The highest BCUT2D eigenvalue weighted by Gasteiger charge is 2.12. The van der Waals surface area contributed by atoms with E-state index in [1.165, 1.54) is 36.8 Å². The SMILES string of the molecule is CCCCCCCCOc1ccc(OCC(=O)n2nnc3ccccc32)cc1. The maximum atomic E-state index is 12.3. The van der Waals surface area contributed by atoms with Crippen LogP contribution >= 0.6 is 0 Å². The maximum absolute atomic E-state index is 12.3. The lowest BCUT2D eigenvalue weighted by Crippen LogP contribution is -2.20. The second kappa shape index (κ2) is 10.4. The average molecular weight is 381 g/mol. The molecular formula is C22H27N3O3. The van der Waals surface area contributed by atoms with Gasteiger partial charge in [-0.2, -0.15) is 4.68 Å². The van der Waals surface area contributed by atoms with Crippen molar-refractivity contribution in [3.63, 3.8) is 0 Å². The van der Waals surface area contributed by atoms with Gasteiger partial charge in [-0.3, -0.25) is 4.79 Å². The van der Waals surface area contributed by atoms with Crippen molar-refractivity contribution in [1.29, 1.82) is 0 Å². The quantitative estimate of drug-likeness (QED) is 0.442. The zero-order valence-corrected chi connectivity index (χ0v) is 16.3. The molecule has 3 aromatic rings. The Morgan fingerprint density at radius 2 is 1.57 bits per heavy atom. The molecule has 6 nitrogen and oxygen atoms in total. The molecule has 0 spiro atoms. The Morgan fingerprint density at radius 3 is 2.36 bits per heavy atom. The van der Waals surface area contributed by atoms with E-state index < -0.39 is 0 Å². The summed E-state index contributed by atoms with van der Waals surface area (Å²) in [5, 5.41) is 7.89. The van der Waals surface area contributed by atoms with Gasteiger partial charge in [0.05, 0.1) is 12.1 Å². The number of para-hydroxylation sites is 1. The third-order valence-corrected chi connectivity index (χ3v) is 4.54. The molecule has 1 aromatic heterocycles. The van der Waals surface area contributed by atoms with Crippen LogP contribution in [0.5, 0.6) is 11.5 Å². The molecule has 148 valence electrons. The largest absolute Gasteiger partial charge is 0.494 e. The van der Waals surface area contributed by atoms with E-state index in [4.69, 9.17) is 9.47 Å². The van der Waals surface area contributed by atoms with Crippen LogP contribution in [0.4, 0.5) is 0 Å². The first-order valence-corrected chi connectivity index (χ1v) is 9.97. The third kappa shape index (κ3) is 5.55. The van der Waals surface area contributed by atoms with E-state index in [9.17, 15) is 4.79 Å². The number of benzene rings is 2. The van der Waals surface area contributed by atoms with Gasteiger partial charge in [0.15, 0.2) is 6.61 Å². The molecule has 0 fully saturated rings. The number of hydrogen-bond donors (Lipinski definition) is 0. The lowest BCUT2D eigenvalue weighted by atomic mass is 10.1. The second-order valence-corrected chi connectivity index (χ2v) is 6.76. The van der Waals surface area contributed by atoms with E-state index >= 15 is 0 Å². The lowest BCUT2D eigenvalue weighted by molar-refractivity contribution is 0.0824. The Hall–Kier alpha value is -2.89. The molecule has 0 amide bonds. The molecule has 0 aliphatic rings. The lowest BCUT2D eigenvalue weighted by Gasteiger charge is -2.08. The van der Waals surface area contributed by atoms with Gasteiger partial charge in [-0.15, -0.1) is 5.10 Å². The second-order valence-electron chi connectivity index (χ2n) is 6.76. The highest BCUT2D eigenvalue weighted by atomic mass is 16.5. The first-order chi connectivity index (χ1) is 13.8. The standard InChI is InChI=1S/C22H27N3O3/c1-2-3-4-5-6-9-16-27-18-12-14-19(15-13-18)28-17-22(26)25-21-11-8-7-10-20(21)23-24-25/h7-8,10-15H,2-6,9,16-17H2,1H3. The van der Waals surface area contributed by atoms with Gasteiger partial charge in [-0.05, 0) is 42.8 Å². The predicted octanol–water partition coefficient (Wildman–Crippen LogP) is 4.89. The summed E-state index contributed by atoms with van der Waals surface area (Å²) in [5.74, 6) is 1.16. The van der Waals surface area contributed by atoms with Crippen LogP contribution in [0.1, 0.15) is 50.2 Å². The van der Waals surface area contributed by atoms with Crippen LogP contribution in [-0.4, -0.2) is 34.1 Å². The van der Waals surface area contributed by atoms with Gasteiger partial charge in [0.1, 0.15) is 17.0 Å². The van der Waals surface area contributed by atoms with Gasteiger partial charge in [-0.1, -0.05) is 56.4 Å². The number of aromatic nitrogens is 3. The molecule has 0 bridgehead atoms. The summed E-state index contributed by atoms with van der Waals surface area (Å²) in [4.78, 5) is 12.3. The number of nitrogens with zero attached hydrogens (tertiary/aromatic N) is 3. The van der Waals surface area contributed by atoms with Gasteiger partial charge in [0.2, 0.25) is 0 Å². The Bertz CT molecular complexity index is 874. The van der Waals surface area contributed by atoms with E-state index in [1.807, 2.05) is 48.5 Å². The number of carbonyl (C=O) groups excluding carboxylic acids is 1. The first-order valence-electron chi connectivity index (χ1n) is 9.97. The molecule has 0 atom stereocenters. The number of carbonyl (C=O) groups is 1. The molecule has 1 heterocycles. The summed E-state index contributed by atoms with van der Waals surface area (Å²) < 4.78 is 12.6. The molecule has 2 aromatic carbocycles. The molecule has 28 heavy (non-hydrogen) atoms. The van der Waals surface area contributed by atoms with Gasteiger partial charge in [0, 0.05) is 0 Å². The van der Waals surface area contributed by atoms with E-state index in [1.54, 1.807) is 0 Å². The van der Waals surface area contributed by atoms with E-state index in [0.29, 0.717) is 16.8 Å².